The van der Waals surface area contributed by atoms with Gasteiger partial charge in [0, 0.05) is 24.1 Å². The normalized spacial score (nSPS) is 21.1. The Kier molecular flexibility index (Phi) is 5.71. The van der Waals surface area contributed by atoms with Crippen LogP contribution in [0.5, 0.6) is 5.75 Å². The molecule has 0 spiro atoms. The lowest BCUT2D eigenvalue weighted by atomic mass is 9.83. The van der Waals surface area contributed by atoms with Gasteiger partial charge in [-0.15, -0.1) is 0 Å². The van der Waals surface area contributed by atoms with E-state index in [1.54, 1.807) is 12.1 Å². The fraction of sp³-hybridized carbons (Fsp3) is 0.321. The maximum absolute atomic E-state index is 11.6. The Morgan fingerprint density at radius 2 is 1.67 bits per heavy atom. The predicted octanol–water partition coefficient (Wildman–Crippen LogP) is 6.81. The number of ether oxygens (including phenoxy) is 1. The van der Waals surface area contributed by atoms with Crippen molar-refractivity contribution in [3.8, 4) is 5.75 Å². The number of methoxy groups -OCH3 is 1. The lowest BCUT2D eigenvalue weighted by Gasteiger charge is -2.24. The van der Waals surface area contributed by atoms with Crippen molar-refractivity contribution in [2.75, 3.05) is 24.4 Å². The van der Waals surface area contributed by atoms with Gasteiger partial charge in [0.05, 0.1) is 18.4 Å². The maximum Gasteiger partial charge on any atom is 0.337 e. The molecular weight excluding hydrogens is 412 g/mol. The minimum atomic E-state index is -0.998. The quantitative estimate of drug-likeness (QED) is 0.421. The van der Waals surface area contributed by atoms with E-state index in [4.69, 9.17) is 4.74 Å². The minimum Gasteiger partial charge on any atom is -0.497 e. The van der Waals surface area contributed by atoms with Crippen LogP contribution in [-0.2, 0) is 0 Å². The first-order chi connectivity index (χ1) is 16.0. The average molecular weight is 443 g/mol. The number of aromatic carboxylic acids is 1. The van der Waals surface area contributed by atoms with Gasteiger partial charge in [-0.05, 0) is 97.2 Å². The smallest absolute Gasteiger partial charge is 0.337 e. The number of rotatable bonds is 7. The standard InChI is InChI=1S/C28H30N2O3/c1-30(22-9-5-19(6-10-22)25-16-18-3-4-20(25)15-18)23-11-7-21(8-12-23)29-27-14-13-24(33-2)17-26(27)28(31)32/h5-14,17-18,20,25,29H,3-4,15-16H2,1-2H3,(H,31,32). The molecule has 2 bridgehead atoms. The summed E-state index contributed by atoms with van der Waals surface area (Å²) in [5.74, 6) is 2.12. The molecule has 0 heterocycles. The third-order valence-corrected chi connectivity index (χ3v) is 7.44. The molecule has 2 fully saturated rings. The van der Waals surface area contributed by atoms with Crippen LogP contribution in [0.1, 0.15) is 47.5 Å². The number of carboxylic acids is 1. The molecule has 0 radical (unpaired) electrons. The largest absolute Gasteiger partial charge is 0.497 e. The van der Waals surface area contributed by atoms with Crippen LogP contribution in [0.4, 0.5) is 22.7 Å². The molecule has 0 saturated heterocycles. The highest BCUT2D eigenvalue weighted by atomic mass is 16.5. The molecule has 5 rings (SSSR count). The summed E-state index contributed by atoms with van der Waals surface area (Å²) in [4.78, 5) is 13.8. The minimum absolute atomic E-state index is 0.172. The Bertz CT molecular complexity index is 1140. The van der Waals surface area contributed by atoms with E-state index in [0.717, 1.165) is 34.8 Å². The summed E-state index contributed by atoms with van der Waals surface area (Å²) in [7, 11) is 3.59. The van der Waals surface area contributed by atoms with Gasteiger partial charge < -0.3 is 20.1 Å². The number of carbonyl (C=O) groups is 1. The van der Waals surface area contributed by atoms with Gasteiger partial charge in [0.2, 0.25) is 0 Å². The Balaban J connectivity index is 1.28. The average Bonchev–Trinajstić information content (AvgIpc) is 3.48. The molecule has 5 nitrogen and oxygen atoms in total. The van der Waals surface area contributed by atoms with E-state index in [1.807, 2.05) is 24.3 Å². The van der Waals surface area contributed by atoms with Crippen LogP contribution in [0.25, 0.3) is 0 Å². The second kappa shape index (κ2) is 8.81. The summed E-state index contributed by atoms with van der Waals surface area (Å²) in [6.07, 6.45) is 5.63. The van der Waals surface area contributed by atoms with E-state index in [-0.39, 0.29) is 5.56 Å². The van der Waals surface area contributed by atoms with Gasteiger partial charge in [-0.2, -0.15) is 0 Å². The summed E-state index contributed by atoms with van der Waals surface area (Å²) >= 11 is 0. The topological polar surface area (TPSA) is 61.8 Å². The molecule has 170 valence electrons. The van der Waals surface area contributed by atoms with Gasteiger partial charge in [-0.3, -0.25) is 0 Å². The number of hydrogen-bond donors (Lipinski definition) is 2. The zero-order chi connectivity index (χ0) is 22.9. The third-order valence-electron chi connectivity index (χ3n) is 7.44. The Hall–Kier alpha value is -3.47. The van der Waals surface area contributed by atoms with E-state index < -0.39 is 5.97 Å². The first-order valence-corrected chi connectivity index (χ1v) is 11.6. The van der Waals surface area contributed by atoms with Gasteiger partial charge in [0.1, 0.15) is 5.75 Å². The molecule has 0 amide bonds. The summed E-state index contributed by atoms with van der Waals surface area (Å²) in [5.41, 5.74) is 5.25. The Morgan fingerprint density at radius 1 is 0.970 bits per heavy atom. The van der Waals surface area contributed by atoms with Crippen molar-refractivity contribution in [3.63, 3.8) is 0 Å². The SMILES string of the molecule is COc1ccc(Nc2ccc(N(C)c3ccc(C4CC5CCC4C5)cc3)cc2)c(C(=O)O)c1. The van der Waals surface area contributed by atoms with Crippen LogP contribution in [0, 0.1) is 11.8 Å². The van der Waals surface area contributed by atoms with Crippen molar-refractivity contribution in [1.29, 1.82) is 0 Å². The highest BCUT2D eigenvalue weighted by Gasteiger charge is 2.39. The van der Waals surface area contributed by atoms with Crippen LogP contribution in [0.15, 0.2) is 66.7 Å². The molecule has 2 aliphatic carbocycles. The number of nitrogens with zero attached hydrogens (tertiary/aromatic N) is 1. The second-order valence-corrected chi connectivity index (χ2v) is 9.32. The number of hydrogen-bond acceptors (Lipinski definition) is 4. The Labute approximate surface area is 195 Å². The van der Waals surface area contributed by atoms with Crippen LogP contribution < -0.4 is 15.0 Å². The number of anilines is 4. The van der Waals surface area contributed by atoms with Crippen molar-refractivity contribution in [1.82, 2.24) is 0 Å². The third kappa shape index (κ3) is 4.28. The molecule has 2 N–H and O–H groups in total. The van der Waals surface area contributed by atoms with Crippen molar-refractivity contribution in [2.45, 2.75) is 31.6 Å². The van der Waals surface area contributed by atoms with Crippen LogP contribution in [-0.4, -0.2) is 25.2 Å². The number of fused-ring (bicyclic) bond motifs is 2. The number of carboxylic acid groups (broad SMARTS) is 1. The maximum atomic E-state index is 11.6. The molecule has 3 aromatic rings. The van der Waals surface area contributed by atoms with Gasteiger partial charge in [-0.1, -0.05) is 18.6 Å². The highest BCUT2D eigenvalue weighted by molar-refractivity contribution is 5.95. The van der Waals surface area contributed by atoms with Gasteiger partial charge in [-0.25, -0.2) is 4.79 Å². The van der Waals surface area contributed by atoms with E-state index in [0.29, 0.717) is 11.4 Å². The fourth-order valence-electron chi connectivity index (χ4n) is 5.61. The first kappa shape index (κ1) is 21.4. The molecule has 2 saturated carbocycles. The summed E-state index contributed by atoms with van der Waals surface area (Å²) in [6.45, 7) is 0. The zero-order valence-corrected chi connectivity index (χ0v) is 19.1. The van der Waals surface area contributed by atoms with E-state index in [1.165, 1.54) is 44.4 Å². The zero-order valence-electron chi connectivity index (χ0n) is 19.1. The highest BCUT2D eigenvalue weighted by Crippen LogP contribution is 2.52. The van der Waals surface area contributed by atoms with Crippen molar-refractivity contribution in [3.05, 3.63) is 77.9 Å². The van der Waals surface area contributed by atoms with Gasteiger partial charge in [0.15, 0.2) is 0 Å². The molecule has 0 aromatic heterocycles. The lowest BCUT2D eigenvalue weighted by molar-refractivity contribution is 0.0697. The fourth-order valence-corrected chi connectivity index (χ4v) is 5.61. The monoisotopic (exact) mass is 442 g/mol. The molecular formula is C28H30N2O3. The second-order valence-electron chi connectivity index (χ2n) is 9.32. The molecule has 33 heavy (non-hydrogen) atoms. The van der Waals surface area contributed by atoms with Gasteiger partial charge >= 0.3 is 5.97 Å². The van der Waals surface area contributed by atoms with Crippen LogP contribution in [0.2, 0.25) is 0 Å². The van der Waals surface area contributed by atoms with Crippen LogP contribution in [0.3, 0.4) is 0 Å². The van der Waals surface area contributed by atoms with E-state index in [2.05, 4.69) is 41.5 Å². The van der Waals surface area contributed by atoms with E-state index in [9.17, 15) is 9.90 Å². The molecule has 2 aliphatic rings. The molecule has 3 aromatic carbocycles. The number of benzene rings is 3. The van der Waals surface area contributed by atoms with Crippen LogP contribution >= 0.6 is 0 Å². The number of nitrogens with one attached hydrogen (secondary N) is 1. The van der Waals surface area contributed by atoms with Crippen molar-refractivity contribution >= 4 is 28.7 Å². The van der Waals surface area contributed by atoms with Crippen molar-refractivity contribution < 1.29 is 14.6 Å². The predicted molar refractivity (Wildman–Crippen MR) is 132 cm³/mol. The van der Waals surface area contributed by atoms with Crippen molar-refractivity contribution in [2.24, 2.45) is 11.8 Å². The summed E-state index contributed by atoms with van der Waals surface area (Å²) in [6, 6.07) is 22.1. The summed E-state index contributed by atoms with van der Waals surface area (Å²) < 4.78 is 5.15. The lowest BCUT2D eigenvalue weighted by Crippen LogP contribution is -2.11. The molecule has 0 aliphatic heterocycles. The Morgan fingerprint density at radius 3 is 2.24 bits per heavy atom. The van der Waals surface area contributed by atoms with E-state index >= 15 is 0 Å². The first-order valence-electron chi connectivity index (χ1n) is 11.6. The molecule has 5 heteroatoms. The molecule has 3 unspecified atom stereocenters. The molecule has 3 atom stereocenters. The summed E-state index contributed by atoms with van der Waals surface area (Å²) in [5, 5.41) is 12.7. The van der Waals surface area contributed by atoms with Gasteiger partial charge in [0.25, 0.3) is 0 Å².